The largest absolute Gasteiger partial charge is 0.393 e. The molecule has 3 rings (SSSR count). The molecular formula is C15H19N3O2. The highest BCUT2D eigenvalue weighted by Gasteiger charge is 2.20. The number of hydrogen-bond donors (Lipinski definition) is 3. The molecule has 2 aromatic rings. The zero-order chi connectivity index (χ0) is 13.9. The highest BCUT2D eigenvalue weighted by atomic mass is 16.3. The Labute approximate surface area is 117 Å². The zero-order valence-corrected chi connectivity index (χ0v) is 11.3. The van der Waals surface area contributed by atoms with Gasteiger partial charge in [-0.3, -0.25) is 9.89 Å². The van der Waals surface area contributed by atoms with Gasteiger partial charge in [0.15, 0.2) is 0 Å². The molecule has 2 unspecified atom stereocenters. The molecule has 0 saturated heterocycles. The maximum absolute atomic E-state index is 12.1. The molecule has 1 aromatic carbocycles. The SMILES string of the molecule is O=C(NCC1CCCC(O)C1)c1ccc2[nH]ncc2c1. The third-order valence-corrected chi connectivity index (χ3v) is 4.01. The van der Waals surface area contributed by atoms with E-state index < -0.39 is 0 Å². The van der Waals surface area contributed by atoms with E-state index in [0.717, 1.165) is 36.6 Å². The van der Waals surface area contributed by atoms with Gasteiger partial charge in [0.25, 0.3) is 5.91 Å². The Hall–Kier alpha value is -1.88. The number of aliphatic hydroxyl groups excluding tert-OH is 1. The highest BCUT2D eigenvalue weighted by Crippen LogP contribution is 2.23. The van der Waals surface area contributed by atoms with E-state index in [-0.39, 0.29) is 12.0 Å². The molecule has 5 heteroatoms. The van der Waals surface area contributed by atoms with Gasteiger partial charge in [-0.25, -0.2) is 0 Å². The number of rotatable bonds is 3. The molecule has 0 bridgehead atoms. The van der Waals surface area contributed by atoms with Crippen LogP contribution in [0.2, 0.25) is 0 Å². The van der Waals surface area contributed by atoms with Gasteiger partial charge in [0, 0.05) is 17.5 Å². The maximum Gasteiger partial charge on any atom is 0.251 e. The Kier molecular flexibility index (Phi) is 3.69. The molecule has 1 aromatic heterocycles. The fraction of sp³-hybridized carbons (Fsp3) is 0.467. The van der Waals surface area contributed by atoms with E-state index >= 15 is 0 Å². The fourth-order valence-electron chi connectivity index (χ4n) is 2.87. The number of benzene rings is 1. The van der Waals surface area contributed by atoms with Gasteiger partial charge in [0.1, 0.15) is 0 Å². The minimum Gasteiger partial charge on any atom is -0.393 e. The molecule has 1 saturated carbocycles. The zero-order valence-electron chi connectivity index (χ0n) is 11.3. The molecule has 1 aliphatic carbocycles. The van der Waals surface area contributed by atoms with E-state index in [1.165, 1.54) is 0 Å². The predicted molar refractivity (Wildman–Crippen MR) is 76.4 cm³/mol. The molecule has 0 aliphatic heterocycles. The van der Waals surface area contributed by atoms with E-state index in [9.17, 15) is 9.90 Å². The average molecular weight is 273 g/mol. The number of aliphatic hydroxyl groups is 1. The number of hydrogen-bond acceptors (Lipinski definition) is 3. The molecule has 1 amide bonds. The molecule has 1 aliphatic rings. The van der Waals surface area contributed by atoms with Gasteiger partial charge in [0.2, 0.25) is 0 Å². The number of nitrogens with zero attached hydrogens (tertiary/aromatic N) is 1. The maximum atomic E-state index is 12.1. The molecule has 3 N–H and O–H groups in total. The smallest absolute Gasteiger partial charge is 0.251 e. The second kappa shape index (κ2) is 5.63. The number of H-pyrrole nitrogens is 1. The van der Waals surface area contributed by atoms with Gasteiger partial charge in [-0.1, -0.05) is 6.42 Å². The van der Waals surface area contributed by atoms with Crippen LogP contribution in [0, 0.1) is 5.92 Å². The van der Waals surface area contributed by atoms with Crippen LogP contribution in [-0.4, -0.2) is 33.9 Å². The van der Waals surface area contributed by atoms with Crippen LogP contribution in [-0.2, 0) is 0 Å². The molecule has 5 nitrogen and oxygen atoms in total. The first-order valence-electron chi connectivity index (χ1n) is 7.12. The van der Waals surface area contributed by atoms with E-state index in [2.05, 4.69) is 15.5 Å². The first-order valence-corrected chi connectivity index (χ1v) is 7.12. The molecule has 0 radical (unpaired) electrons. The molecule has 1 fully saturated rings. The summed E-state index contributed by atoms with van der Waals surface area (Å²) in [6.07, 6.45) is 5.32. The Morgan fingerprint density at radius 3 is 3.20 bits per heavy atom. The van der Waals surface area contributed by atoms with Crippen LogP contribution >= 0.6 is 0 Å². The van der Waals surface area contributed by atoms with Gasteiger partial charge >= 0.3 is 0 Å². The van der Waals surface area contributed by atoms with Crippen molar-refractivity contribution in [3.63, 3.8) is 0 Å². The average Bonchev–Trinajstić information content (AvgIpc) is 2.92. The lowest BCUT2D eigenvalue weighted by Gasteiger charge is -2.25. The summed E-state index contributed by atoms with van der Waals surface area (Å²) in [5.41, 5.74) is 1.58. The van der Waals surface area contributed by atoms with E-state index in [1.54, 1.807) is 12.3 Å². The molecule has 2 atom stereocenters. The molecular weight excluding hydrogens is 254 g/mol. The monoisotopic (exact) mass is 273 g/mol. The third kappa shape index (κ3) is 2.82. The Morgan fingerprint density at radius 2 is 2.35 bits per heavy atom. The van der Waals surface area contributed by atoms with Gasteiger partial charge < -0.3 is 10.4 Å². The first-order chi connectivity index (χ1) is 9.72. The number of aromatic amines is 1. The van der Waals surface area contributed by atoms with Crippen LogP contribution in [0.25, 0.3) is 10.9 Å². The van der Waals surface area contributed by atoms with Crippen molar-refractivity contribution in [3.05, 3.63) is 30.0 Å². The van der Waals surface area contributed by atoms with Crippen LogP contribution in [0.5, 0.6) is 0 Å². The lowest BCUT2D eigenvalue weighted by Crippen LogP contribution is -2.32. The molecule has 0 spiro atoms. The summed E-state index contributed by atoms with van der Waals surface area (Å²) in [7, 11) is 0. The van der Waals surface area contributed by atoms with Gasteiger partial charge in [0.05, 0.1) is 17.8 Å². The number of carbonyl (C=O) groups is 1. The minimum atomic E-state index is -0.201. The second-order valence-electron chi connectivity index (χ2n) is 5.57. The number of aromatic nitrogens is 2. The summed E-state index contributed by atoms with van der Waals surface area (Å²) in [6.45, 7) is 0.638. The van der Waals surface area contributed by atoms with Crippen LogP contribution in [0.3, 0.4) is 0 Å². The van der Waals surface area contributed by atoms with E-state index in [0.29, 0.717) is 18.0 Å². The quantitative estimate of drug-likeness (QED) is 0.798. The van der Waals surface area contributed by atoms with Crippen LogP contribution in [0.15, 0.2) is 24.4 Å². The summed E-state index contributed by atoms with van der Waals surface area (Å²) in [5, 5.41) is 20.3. The van der Waals surface area contributed by atoms with Gasteiger partial charge in [-0.2, -0.15) is 5.10 Å². The standard InChI is InChI=1S/C15H19N3O2/c19-13-3-1-2-10(6-13)8-16-15(20)11-4-5-14-12(7-11)9-17-18-14/h4-5,7,9-10,13,19H,1-3,6,8H2,(H,16,20)(H,17,18). The second-order valence-corrected chi connectivity index (χ2v) is 5.57. The summed E-state index contributed by atoms with van der Waals surface area (Å²) < 4.78 is 0. The summed E-state index contributed by atoms with van der Waals surface area (Å²) in [5.74, 6) is 0.327. The first kappa shape index (κ1) is 13.1. The summed E-state index contributed by atoms with van der Waals surface area (Å²) in [4.78, 5) is 12.1. The van der Waals surface area contributed by atoms with Crippen molar-refractivity contribution in [1.82, 2.24) is 15.5 Å². The Morgan fingerprint density at radius 1 is 1.45 bits per heavy atom. The summed E-state index contributed by atoms with van der Waals surface area (Å²) in [6, 6.07) is 5.50. The van der Waals surface area contributed by atoms with Crippen molar-refractivity contribution >= 4 is 16.8 Å². The molecule has 20 heavy (non-hydrogen) atoms. The lowest BCUT2D eigenvalue weighted by molar-refractivity contribution is 0.0874. The number of fused-ring (bicyclic) bond motifs is 1. The lowest BCUT2D eigenvalue weighted by atomic mass is 9.87. The molecule has 106 valence electrons. The normalized spacial score (nSPS) is 22.9. The Balaban J connectivity index is 1.60. The topological polar surface area (TPSA) is 78.0 Å². The minimum absolute atomic E-state index is 0.0619. The van der Waals surface area contributed by atoms with Crippen molar-refractivity contribution in [3.8, 4) is 0 Å². The van der Waals surface area contributed by atoms with Crippen molar-refractivity contribution in [2.75, 3.05) is 6.54 Å². The fourth-order valence-corrected chi connectivity index (χ4v) is 2.87. The highest BCUT2D eigenvalue weighted by molar-refractivity contribution is 5.97. The van der Waals surface area contributed by atoms with Gasteiger partial charge in [-0.15, -0.1) is 0 Å². The summed E-state index contributed by atoms with van der Waals surface area (Å²) >= 11 is 0. The van der Waals surface area contributed by atoms with Crippen molar-refractivity contribution < 1.29 is 9.90 Å². The number of amides is 1. The van der Waals surface area contributed by atoms with Crippen molar-refractivity contribution in [2.45, 2.75) is 31.8 Å². The predicted octanol–water partition coefficient (Wildman–Crippen LogP) is 1.84. The van der Waals surface area contributed by atoms with Crippen molar-refractivity contribution in [2.24, 2.45) is 5.92 Å². The van der Waals surface area contributed by atoms with E-state index in [4.69, 9.17) is 0 Å². The Bertz CT molecular complexity index is 608. The van der Waals surface area contributed by atoms with Crippen LogP contribution in [0.4, 0.5) is 0 Å². The molecule has 1 heterocycles. The number of nitrogens with one attached hydrogen (secondary N) is 2. The number of carbonyl (C=O) groups excluding carboxylic acids is 1. The van der Waals surface area contributed by atoms with Crippen molar-refractivity contribution in [1.29, 1.82) is 0 Å². The van der Waals surface area contributed by atoms with Crippen LogP contribution in [0.1, 0.15) is 36.0 Å². The third-order valence-electron chi connectivity index (χ3n) is 4.01. The van der Waals surface area contributed by atoms with E-state index in [1.807, 2.05) is 12.1 Å². The van der Waals surface area contributed by atoms with Gasteiger partial charge in [-0.05, 0) is 43.4 Å². The van der Waals surface area contributed by atoms with Crippen LogP contribution < -0.4 is 5.32 Å².